The second-order valence-electron chi connectivity index (χ2n) is 5.28. The zero-order valence-electron chi connectivity index (χ0n) is 12.4. The van der Waals surface area contributed by atoms with Crippen molar-refractivity contribution in [3.63, 3.8) is 0 Å². The van der Waals surface area contributed by atoms with Crippen LogP contribution in [0, 0.1) is 0 Å². The molecule has 2 rings (SSSR count). The largest absolute Gasteiger partial charge is 0.494 e. The van der Waals surface area contributed by atoms with Gasteiger partial charge in [0.25, 0.3) is 0 Å². The van der Waals surface area contributed by atoms with Crippen LogP contribution in [0.4, 0.5) is 0 Å². The number of carbonyl (C=O) groups excluding carboxylic acids is 1. The first-order valence-electron chi connectivity index (χ1n) is 7.37. The molecule has 0 aromatic heterocycles. The van der Waals surface area contributed by atoms with E-state index < -0.39 is 0 Å². The van der Waals surface area contributed by atoms with Crippen LogP contribution in [0.5, 0.6) is 5.75 Å². The van der Waals surface area contributed by atoms with Crippen molar-refractivity contribution >= 4 is 5.78 Å². The summed E-state index contributed by atoms with van der Waals surface area (Å²) in [6.07, 6.45) is 2.24. The summed E-state index contributed by atoms with van der Waals surface area (Å²) < 4.78 is 5.39. The number of ketones is 1. The van der Waals surface area contributed by atoms with Gasteiger partial charge in [-0.25, -0.2) is 0 Å². The van der Waals surface area contributed by atoms with Crippen molar-refractivity contribution in [3.05, 3.63) is 29.8 Å². The highest BCUT2D eigenvalue weighted by Gasteiger charge is 2.20. The second-order valence-corrected chi connectivity index (χ2v) is 5.28. The molecule has 0 atom stereocenters. The minimum atomic E-state index is 0.175. The molecule has 0 aliphatic carbocycles. The lowest BCUT2D eigenvalue weighted by Crippen LogP contribution is -2.43. The van der Waals surface area contributed by atoms with Gasteiger partial charge in [-0.15, -0.1) is 0 Å². The van der Waals surface area contributed by atoms with Crippen LogP contribution >= 0.6 is 0 Å². The molecule has 110 valence electrons. The molecule has 1 aromatic carbocycles. The standard InChI is InChI=1S/C16H24N2O2/c1-3-20-15-6-4-13(5-7-15)16(19)12-18(2)14-8-10-17-11-9-14/h4-7,14,17H,3,8-12H2,1-2H3. The SMILES string of the molecule is CCOc1ccc(C(=O)CN(C)C2CCNCC2)cc1. The predicted molar refractivity (Wildman–Crippen MR) is 80.5 cm³/mol. The quantitative estimate of drug-likeness (QED) is 0.806. The fourth-order valence-electron chi connectivity index (χ4n) is 2.60. The highest BCUT2D eigenvalue weighted by Crippen LogP contribution is 2.14. The Hall–Kier alpha value is -1.39. The fourth-order valence-corrected chi connectivity index (χ4v) is 2.60. The number of nitrogens with one attached hydrogen (secondary N) is 1. The highest BCUT2D eigenvalue weighted by molar-refractivity contribution is 5.97. The van der Waals surface area contributed by atoms with E-state index in [1.807, 2.05) is 38.2 Å². The Kier molecular flexibility index (Phi) is 5.56. The fraction of sp³-hybridized carbons (Fsp3) is 0.562. The summed E-state index contributed by atoms with van der Waals surface area (Å²) in [5.74, 6) is 0.991. The molecular weight excluding hydrogens is 252 g/mol. The molecule has 4 heteroatoms. The molecule has 1 heterocycles. The third-order valence-corrected chi connectivity index (χ3v) is 3.81. The molecule has 0 radical (unpaired) electrons. The summed E-state index contributed by atoms with van der Waals surface area (Å²) >= 11 is 0. The van der Waals surface area contributed by atoms with Crippen LogP contribution in [0.2, 0.25) is 0 Å². The maximum Gasteiger partial charge on any atom is 0.176 e. The van der Waals surface area contributed by atoms with Crippen LogP contribution < -0.4 is 10.1 Å². The molecule has 1 aliphatic rings. The van der Waals surface area contributed by atoms with Gasteiger partial charge in [0.2, 0.25) is 0 Å². The van der Waals surface area contributed by atoms with Crippen molar-refractivity contribution in [3.8, 4) is 5.75 Å². The van der Waals surface area contributed by atoms with E-state index in [0.29, 0.717) is 19.2 Å². The zero-order chi connectivity index (χ0) is 14.4. The van der Waals surface area contributed by atoms with Gasteiger partial charge in [-0.1, -0.05) is 0 Å². The maximum absolute atomic E-state index is 12.3. The van der Waals surface area contributed by atoms with Crippen molar-refractivity contribution in [2.24, 2.45) is 0 Å². The van der Waals surface area contributed by atoms with Gasteiger partial charge in [-0.2, -0.15) is 0 Å². The van der Waals surface area contributed by atoms with E-state index in [2.05, 4.69) is 10.2 Å². The lowest BCUT2D eigenvalue weighted by molar-refractivity contribution is 0.0903. The van der Waals surface area contributed by atoms with Crippen LogP contribution in [0.1, 0.15) is 30.1 Å². The van der Waals surface area contributed by atoms with Crippen LogP contribution in [0.15, 0.2) is 24.3 Å². The van der Waals surface area contributed by atoms with Crippen LogP contribution in [-0.4, -0.2) is 50.0 Å². The number of piperidine rings is 1. The normalized spacial score (nSPS) is 16.4. The van der Waals surface area contributed by atoms with Crippen molar-refractivity contribution in [2.45, 2.75) is 25.8 Å². The van der Waals surface area contributed by atoms with Gasteiger partial charge in [0, 0.05) is 11.6 Å². The lowest BCUT2D eigenvalue weighted by atomic mass is 10.0. The average Bonchev–Trinajstić information content (AvgIpc) is 2.49. The Morgan fingerprint density at radius 1 is 1.30 bits per heavy atom. The third kappa shape index (κ3) is 4.05. The monoisotopic (exact) mass is 276 g/mol. The minimum absolute atomic E-state index is 0.175. The van der Waals surface area contributed by atoms with E-state index in [-0.39, 0.29) is 5.78 Å². The van der Waals surface area contributed by atoms with E-state index in [9.17, 15) is 4.79 Å². The van der Waals surface area contributed by atoms with Crippen molar-refractivity contribution < 1.29 is 9.53 Å². The summed E-state index contributed by atoms with van der Waals surface area (Å²) in [4.78, 5) is 14.4. The number of carbonyl (C=O) groups is 1. The third-order valence-electron chi connectivity index (χ3n) is 3.81. The number of Topliss-reactive ketones (excluding diaryl/α,β-unsaturated/α-hetero) is 1. The number of likely N-dealkylation sites (N-methyl/N-ethyl adjacent to an activating group) is 1. The van der Waals surface area contributed by atoms with Gasteiger partial charge in [0.15, 0.2) is 5.78 Å². The molecule has 0 saturated carbocycles. The molecule has 1 fully saturated rings. The van der Waals surface area contributed by atoms with Gasteiger partial charge < -0.3 is 10.1 Å². The van der Waals surface area contributed by atoms with E-state index >= 15 is 0 Å². The summed E-state index contributed by atoms with van der Waals surface area (Å²) in [6.45, 7) is 5.18. The number of rotatable bonds is 6. The highest BCUT2D eigenvalue weighted by atomic mass is 16.5. The van der Waals surface area contributed by atoms with Gasteiger partial charge in [0.05, 0.1) is 13.2 Å². The number of benzene rings is 1. The Bertz CT molecular complexity index is 425. The molecule has 1 aromatic rings. The summed E-state index contributed by atoms with van der Waals surface area (Å²) in [5.41, 5.74) is 0.759. The zero-order valence-corrected chi connectivity index (χ0v) is 12.4. The predicted octanol–water partition coefficient (Wildman–Crippen LogP) is 1.95. The molecule has 1 aliphatic heterocycles. The van der Waals surface area contributed by atoms with Crippen LogP contribution in [0.3, 0.4) is 0 Å². The number of nitrogens with zero attached hydrogens (tertiary/aromatic N) is 1. The Balaban J connectivity index is 1.89. The van der Waals surface area contributed by atoms with Gasteiger partial charge in [0.1, 0.15) is 5.75 Å². The molecule has 0 unspecified atom stereocenters. The first-order chi connectivity index (χ1) is 9.70. The Labute approximate surface area is 121 Å². The van der Waals surface area contributed by atoms with Crippen LogP contribution in [-0.2, 0) is 0 Å². The molecule has 1 saturated heterocycles. The lowest BCUT2D eigenvalue weighted by Gasteiger charge is -2.31. The molecule has 0 bridgehead atoms. The average molecular weight is 276 g/mol. The molecule has 4 nitrogen and oxygen atoms in total. The van der Waals surface area contributed by atoms with E-state index in [1.165, 1.54) is 0 Å². The molecule has 20 heavy (non-hydrogen) atoms. The Morgan fingerprint density at radius 2 is 1.95 bits per heavy atom. The second kappa shape index (κ2) is 7.41. The molecule has 1 N–H and O–H groups in total. The van der Waals surface area contributed by atoms with Crippen molar-refractivity contribution in [1.82, 2.24) is 10.2 Å². The molecule has 0 spiro atoms. The summed E-state index contributed by atoms with van der Waals surface area (Å²) in [7, 11) is 2.04. The first kappa shape index (κ1) is 15.0. The maximum atomic E-state index is 12.3. The number of ether oxygens (including phenoxy) is 1. The summed E-state index contributed by atoms with van der Waals surface area (Å²) in [6, 6.07) is 7.94. The van der Waals surface area contributed by atoms with E-state index in [1.54, 1.807) is 0 Å². The first-order valence-corrected chi connectivity index (χ1v) is 7.37. The molecule has 0 amide bonds. The molecular formula is C16H24N2O2. The number of hydrogen-bond donors (Lipinski definition) is 1. The Morgan fingerprint density at radius 3 is 2.55 bits per heavy atom. The topological polar surface area (TPSA) is 41.6 Å². The van der Waals surface area contributed by atoms with Gasteiger partial charge in [-0.3, -0.25) is 9.69 Å². The van der Waals surface area contributed by atoms with E-state index in [0.717, 1.165) is 37.2 Å². The summed E-state index contributed by atoms with van der Waals surface area (Å²) in [5, 5.41) is 3.35. The van der Waals surface area contributed by atoms with Crippen molar-refractivity contribution in [1.29, 1.82) is 0 Å². The van der Waals surface area contributed by atoms with Gasteiger partial charge >= 0.3 is 0 Å². The number of hydrogen-bond acceptors (Lipinski definition) is 4. The van der Waals surface area contributed by atoms with Gasteiger partial charge in [-0.05, 0) is 64.2 Å². The van der Waals surface area contributed by atoms with Crippen molar-refractivity contribution in [2.75, 3.05) is 33.3 Å². The van der Waals surface area contributed by atoms with E-state index in [4.69, 9.17) is 4.74 Å². The smallest absolute Gasteiger partial charge is 0.176 e. The van der Waals surface area contributed by atoms with Crippen LogP contribution in [0.25, 0.3) is 0 Å². The minimum Gasteiger partial charge on any atom is -0.494 e.